The molecule has 1 saturated heterocycles. The van der Waals surface area contributed by atoms with Crippen LogP contribution in [0.25, 0.3) is 0 Å². The van der Waals surface area contributed by atoms with Crippen LogP contribution in [0.4, 0.5) is 8.78 Å². The van der Waals surface area contributed by atoms with E-state index in [1.165, 1.54) is 12.1 Å². The molecule has 5 heteroatoms. The van der Waals surface area contributed by atoms with Crippen molar-refractivity contribution in [1.82, 2.24) is 4.90 Å². The van der Waals surface area contributed by atoms with E-state index in [0.29, 0.717) is 18.7 Å². The highest BCUT2D eigenvalue weighted by atomic mass is 19.1. The third-order valence-corrected chi connectivity index (χ3v) is 3.31. The van der Waals surface area contributed by atoms with Crippen molar-refractivity contribution in [1.29, 1.82) is 0 Å². The lowest BCUT2D eigenvalue weighted by Crippen LogP contribution is -2.36. The molecule has 0 saturated carbocycles. The fraction of sp³-hybridized carbons (Fsp3) is 0.571. The van der Waals surface area contributed by atoms with Gasteiger partial charge in [-0.2, -0.15) is 0 Å². The number of halogens is 2. The van der Waals surface area contributed by atoms with Crippen LogP contribution >= 0.6 is 0 Å². The number of likely N-dealkylation sites (tertiary alicyclic amines) is 1. The Kier molecular flexibility index (Phi) is 5.24. The highest BCUT2D eigenvalue weighted by molar-refractivity contribution is 5.17. The van der Waals surface area contributed by atoms with Crippen LogP contribution in [0.1, 0.15) is 18.4 Å². The molecule has 0 unspecified atom stereocenters. The van der Waals surface area contributed by atoms with E-state index >= 15 is 0 Å². The first-order valence-corrected chi connectivity index (χ1v) is 6.57. The van der Waals surface area contributed by atoms with Crippen LogP contribution in [0.5, 0.6) is 0 Å². The van der Waals surface area contributed by atoms with Gasteiger partial charge in [0.2, 0.25) is 0 Å². The molecule has 19 heavy (non-hydrogen) atoms. The third kappa shape index (κ3) is 4.53. The Morgan fingerprint density at radius 2 is 1.79 bits per heavy atom. The highest BCUT2D eigenvalue weighted by Gasteiger charge is 2.19. The fourth-order valence-corrected chi connectivity index (χ4v) is 2.41. The monoisotopic (exact) mass is 271 g/mol. The lowest BCUT2D eigenvalue weighted by atomic mass is 10.1. The van der Waals surface area contributed by atoms with E-state index in [0.717, 1.165) is 32.0 Å². The zero-order chi connectivity index (χ0) is 13.7. The maximum absolute atomic E-state index is 13.1. The Morgan fingerprint density at radius 1 is 1.16 bits per heavy atom. The average Bonchev–Trinajstić information content (AvgIpc) is 2.37. The van der Waals surface area contributed by atoms with Crippen molar-refractivity contribution in [3.63, 3.8) is 0 Å². The number of piperidine rings is 1. The van der Waals surface area contributed by atoms with Crippen molar-refractivity contribution in [2.24, 2.45) is 0 Å². The van der Waals surface area contributed by atoms with Crippen LogP contribution in [0, 0.1) is 11.6 Å². The minimum absolute atomic E-state index is 0.0444. The van der Waals surface area contributed by atoms with Crippen LogP contribution in [0.15, 0.2) is 18.2 Å². The van der Waals surface area contributed by atoms with Gasteiger partial charge >= 0.3 is 0 Å². The van der Waals surface area contributed by atoms with Gasteiger partial charge in [0.15, 0.2) is 0 Å². The van der Waals surface area contributed by atoms with E-state index in [2.05, 4.69) is 4.90 Å². The Morgan fingerprint density at radius 3 is 2.37 bits per heavy atom. The minimum Gasteiger partial charge on any atom is -0.394 e. The van der Waals surface area contributed by atoms with E-state index in [1.54, 1.807) is 0 Å². The van der Waals surface area contributed by atoms with Crippen LogP contribution in [-0.4, -0.2) is 42.4 Å². The number of rotatable bonds is 5. The van der Waals surface area contributed by atoms with Gasteiger partial charge in [-0.05, 0) is 30.5 Å². The summed E-state index contributed by atoms with van der Waals surface area (Å²) in [5.74, 6) is -1.06. The maximum Gasteiger partial charge on any atom is 0.126 e. The van der Waals surface area contributed by atoms with Crippen LogP contribution in [-0.2, 0) is 11.3 Å². The first-order valence-electron chi connectivity index (χ1n) is 6.57. The van der Waals surface area contributed by atoms with Gasteiger partial charge in [0.1, 0.15) is 11.6 Å². The second-order valence-corrected chi connectivity index (χ2v) is 4.85. The summed E-state index contributed by atoms with van der Waals surface area (Å²) in [7, 11) is 0. The molecule has 0 spiro atoms. The molecule has 0 aliphatic carbocycles. The SMILES string of the molecule is OCCOC1CCN(Cc2cc(F)cc(F)c2)CC1. The molecule has 0 amide bonds. The van der Waals surface area contributed by atoms with Gasteiger partial charge in [-0.25, -0.2) is 8.78 Å². The number of nitrogens with zero attached hydrogens (tertiary/aromatic N) is 1. The van der Waals surface area contributed by atoms with E-state index in [1.807, 2.05) is 0 Å². The molecule has 2 rings (SSSR count). The van der Waals surface area contributed by atoms with Crippen LogP contribution in [0.2, 0.25) is 0 Å². The summed E-state index contributed by atoms with van der Waals surface area (Å²) in [6.07, 6.45) is 1.96. The van der Waals surface area contributed by atoms with Crippen LogP contribution < -0.4 is 0 Å². The van der Waals surface area contributed by atoms with Crippen molar-refractivity contribution in [3.8, 4) is 0 Å². The number of benzene rings is 1. The topological polar surface area (TPSA) is 32.7 Å². The van der Waals surface area contributed by atoms with Gasteiger partial charge in [0, 0.05) is 25.7 Å². The molecule has 3 nitrogen and oxygen atoms in total. The van der Waals surface area contributed by atoms with E-state index < -0.39 is 11.6 Å². The minimum atomic E-state index is -0.531. The molecular formula is C14H19F2NO2. The summed E-state index contributed by atoms with van der Waals surface area (Å²) in [6.45, 7) is 2.66. The Hall–Kier alpha value is -1.04. The number of hydrogen-bond acceptors (Lipinski definition) is 3. The summed E-state index contributed by atoms with van der Waals surface area (Å²) in [5.41, 5.74) is 0.659. The molecule has 1 fully saturated rings. The Balaban J connectivity index is 1.82. The molecule has 1 aliphatic heterocycles. The first kappa shape index (κ1) is 14.4. The second kappa shape index (κ2) is 6.93. The van der Waals surface area contributed by atoms with E-state index in [-0.39, 0.29) is 12.7 Å². The van der Waals surface area contributed by atoms with E-state index in [4.69, 9.17) is 9.84 Å². The van der Waals surface area contributed by atoms with Crippen molar-refractivity contribution >= 4 is 0 Å². The van der Waals surface area contributed by atoms with E-state index in [9.17, 15) is 8.78 Å². The lowest BCUT2D eigenvalue weighted by Gasteiger charge is -2.31. The maximum atomic E-state index is 13.1. The molecular weight excluding hydrogens is 252 g/mol. The first-order chi connectivity index (χ1) is 9.17. The molecule has 0 radical (unpaired) electrons. The summed E-state index contributed by atoms with van der Waals surface area (Å²) < 4.78 is 31.6. The molecule has 1 aliphatic rings. The van der Waals surface area contributed by atoms with Gasteiger partial charge in [-0.15, -0.1) is 0 Å². The summed E-state index contributed by atoms with van der Waals surface area (Å²) >= 11 is 0. The van der Waals surface area contributed by atoms with Gasteiger partial charge < -0.3 is 9.84 Å². The predicted molar refractivity (Wildman–Crippen MR) is 67.7 cm³/mol. The summed E-state index contributed by atoms with van der Waals surface area (Å²) in [4.78, 5) is 2.16. The zero-order valence-electron chi connectivity index (χ0n) is 10.8. The predicted octanol–water partition coefficient (Wildman–Crippen LogP) is 1.94. The molecule has 0 aromatic heterocycles. The summed E-state index contributed by atoms with van der Waals surface area (Å²) in [5, 5.41) is 8.69. The largest absolute Gasteiger partial charge is 0.394 e. The van der Waals surface area contributed by atoms with Crippen molar-refractivity contribution < 1.29 is 18.6 Å². The second-order valence-electron chi connectivity index (χ2n) is 4.85. The zero-order valence-corrected chi connectivity index (χ0v) is 10.8. The fourth-order valence-electron chi connectivity index (χ4n) is 2.41. The van der Waals surface area contributed by atoms with Gasteiger partial charge in [0.25, 0.3) is 0 Å². The molecule has 1 heterocycles. The smallest absolute Gasteiger partial charge is 0.126 e. The van der Waals surface area contributed by atoms with Crippen LogP contribution in [0.3, 0.4) is 0 Å². The van der Waals surface area contributed by atoms with Gasteiger partial charge in [-0.3, -0.25) is 4.90 Å². The molecule has 0 atom stereocenters. The van der Waals surface area contributed by atoms with Crippen molar-refractivity contribution in [2.45, 2.75) is 25.5 Å². The molecule has 1 aromatic rings. The Labute approximate surface area is 111 Å². The molecule has 0 bridgehead atoms. The van der Waals surface area contributed by atoms with Crippen molar-refractivity contribution in [2.75, 3.05) is 26.3 Å². The van der Waals surface area contributed by atoms with Gasteiger partial charge in [0.05, 0.1) is 19.3 Å². The number of aliphatic hydroxyl groups excluding tert-OH is 1. The summed E-state index contributed by atoms with van der Waals surface area (Å²) in [6, 6.07) is 3.63. The average molecular weight is 271 g/mol. The Bertz CT molecular complexity index is 386. The number of ether oxygens (including phenoxy) is 1. The number of hydrogen-bond donors (Lipinski definition) is 1. The van der Waals surface area contributed by atoms with Gasteiger partial charge in [-0.1, -0.05) is 0 Å². The highest BCUT2D eigenvalue weighted by Crippen LogP contribution is 2.17. The van der Waals surface area contributed by atoms with Crippen molar-refractivity contribution in [3.05, 3.63) is 35.4 Å². The molecule has 106 valence electrons. The quantitative estimate of drug-likeness (QED) is 0.888. The number of aliphatic hydroxyl groups is 1. The molecule has 1 N–H and O–H groups in total. The third-order valence-electron chi connectivity index (χ3n) is 3.31. The standard InChI is InChI=1S/C14H19F2NO2/c15-12-7-11(8-13(16)9-12)10-17-3-1-14(2-4-17)19-6-5-18/h7-9,14,18H,1-6,10H2. The lowest BCUT2D eigenvalue weighted by molar-refractivity contribution is -0.00903. The molecule has 1 aromatic carbocycles. The normalized spacial score (nSPS) is 17.8.